The number of hydrogen-bond acceptors (Lipinski definition) is 3. The summed E-state index contributed by atoms with van der Waals surface area (Å²) in [4.78, 5) is 0. The third-order valence-electron chi connectivity index (χ3n) is 3.88. The smallest absolute Gasteiger partial charge is 0.139 e. The number of phenolic OH excluding ortho intramolecular Hbond substituents is 1. The summed E-state index contributed by atoms with van der Waals surface area (Å²) < 4.78 is 0. The van der Waals surface area contributed by atoms with E-state index < -0.39 is 12.1 Å². The van der Waals surface area contributed by atoms with Crippen LogP contribution in [0.3, 0.4) is 0 Å². The average molecular weight is 270 g/mol. The lowest BCUT2D eigenvalue weighted by Gasteiger charge is -2.30. The Bertz CT molecular complexity index is 405. The van der Waals surface area contributed by atoms with Gasteiger partial charge in [-0.1, -0.05) is 43.0 Å². The molecule has 0 unspecified atom stereocenters. The molecule has 1 aromatic rings. The highest BCUT2D eigenvalue weighted by molar-refractivity contribution is 6.32. The van der Waals surface area contributed by atoms with Gasteiger partial charge in [-0.3, -0.25) is 0 Å². The van der Waals surface area contributed by atoms with Gasteiger partial charge in [0.05, 0.1) is 17.2 Å². The first-order valence-electron chi connectivity index (χ1n) is 6.52. The standard InChI is InChI=1S/C14H20ClNO2/c15-11-8-4-7-10(14(11)18)12(16)13(17)9-5-2-1-3-6-9/h4,7-9,12-13,17-18H,1-3,5-6,16H2/t12-,13+/m1/s1. The van der Waals surface area contributed by atoms with Crippen molar-refractivity contribution in [2.45, 2.75) is 44.2 Å². The number of rotatable bonds is 3. The van der Waals surface area contributed by atoms with Gasteiger partial charge in [0, 0.05) is 5.56 Å². The van der Waals surface area contributed by atoms with Crippen LogP contribution >= 0.6 is 11.6 Å². The van der Waals surface area contributed by atoms with Crippen LogP contribution in [0.15, 0.2) is 18.2 Å². The van der Waals surface area contributed by atoms with E-state index in [4.69, 9.17) is 17.3 Å². The van der Waals surface area contributed by atoms with Gasteiger partial charge < -0.3 is 15.9 Å². The molecule has 0 heterocycles. The predicted molar refractivity (Wildman–Crippen MR) is 72.6 cm³/mol. The van der Waals surface area contributed by atoms with Crippen molar-refractivity contribution in [3.63, 3.8) is 0 Å². The molecule has 4 heteroatoms. The van der Waals surface area contributed by atoms with Crippen LogP contribution in [0.2, 0.25) is 5.02 Å². The average Bonchev–Trinajstić information content (AvgIpc) is 2.41. The Kier molecular flexibility index (Phi) is 4.49. The van der Waals surface area contributed by atoms with E-state index in [2.05, 4.69) is 0 Å². The van der Waals surface area contributed by atoms with Gasteiger partial charge in [-0.05, 0) is 24.8 Å². The normalized spacial score (nSPS) is 20.6. The minimum absolute atomic E-state index is 0.0125. The number of hydrogen-bond donors (Lipinski definition) is 3. The number of aromatic hydroxyl groups is 1. The van der Waals surface area contributed by atoms with Crippen LogP contribution in [0.25, 0.3) is 0 Å². The summed E-state index contributed by atoms with van der Waals surface area (Å²) in [6, 6.07) is 4.50. The zero-order valence-corrected chi connectivity index (χ0v) is 11.1. The van der Waals surface area contributed by atoms with Crippen molar-refractivity contribution in [1.29, 1.82) is 0 Å². The van der Waals surface area contributed by atoms with Crippen molar-refractivity contribution in [1.82, 2.24) is 0 Å². The number of aliphatic hydroxyl groups excluding tert-OH is 1. The van der Waals surface area contributed by atoms with Crippen LogP contribution in [0.4, 0.5) is 0 Å². The topological polar surface area (TPSA) is 66.5 Å². The molecule has 0 aliphatic heterocycles. The molecule has 1 aliphatic rings. The van der Waals surface area contributed by atoms with Crippen LogP contribution in [0.1, 0.15) is 43.7 Å². The van der Waals surface area contributed by atoms with Crippen molar-refractivity contribution in [3.05, 3.63) is 28.8 Å². The summed E-state index contributed by atoms with van der Waals surface area (Å²) in [6.45, 7) is 0. The molecule has 4 N–H and O–H groups in total. The highest BCUT2D eigenvalue weighted by Crippen LogP contribution is 2.36. The van der Waals surface area contributed by atoms with E-state index in [9.17, 15) is 10.2 Å². The molecular formula is C14H20ClNO2. The van der Waals surface area contributed by atoms with Crippen molar-refractivity contribution in [2.75, 3.05) is 0 Å². The molecule has 2 atom stereocenters. The molecule has 1 aliphatic carbocycles. The highest BCUT2D eigenvalue weighted by Gasteiger charge is 2.29. The Hall–Kier alpha value is -0.770. The second-order valence-electron chi connectivity index (χ2n) is 5.09. The summed E-state index contributed by atoms with van der Waals surface area (Å²) in [7, 11) is 0. The summed E-state index contributed by atoms with van der Waals surface area (Å²) in [6.07, 6.45) is 4.94. The second kappa shape index (κ2) is 5.91. The Labute approximate surface area is 113 Å². The number of nitrogens with two attached hydrogens (primary N) is 1. The summed E-state index contributed by atoms with van der Waals surface area (Å²) in [5.41, 5.74) is 6.60. The fraction of sp³-hybridized carbons (Fsp3) is 0.571. The number of phenols is 1. The molecule has 2 rings (SSSR count). The van der Waals surface area contributed by atoms with E-state index in [1.54, 1.807) is 18.2 Å². The Morgan fingerprint density at radius 1 is 1.22 bits per heavy atom. The molecule has 18 heavy (non-hydrogen) atoms. The molecular weight excluding hydrogens is 250 g/mol. The van der Waals surface area contributed by atoms with E-state index in [1.165, 1.54) is 6.42 Å². The van der Waals surface area contributed by atoms with Gasteiger partial charge in [0.25, 0.3) is 0 Å². The van der Waals surface area contributed by atoms with Crippen molar-refractivity contribution in [3.8, 4) is 5.75 Å². The lowest BCUT2D eigenvalue weighted by molar-refractivity contribution is 0.0611. The molecule has 0 radical (unpaired) electrons. The van der Waals surface area contributed by atoms with Crippen LogP contribution in [0.5, 0.6) is 5.75 Å². The van der Waals surface area contributed by atoms with Gasteiger partial charge in [0.15, 0.2) is 0 Å². The van der Waals surface area contributed by atoms with Gasteiger partial charge in [-0.25, -0.2) is 0 Å². The second-order valence-corrected chi connectivity index (χ2v) is 5.50. The minimum Gasteiger partial charge on any atom is -0.506 e. The summed E-state index contributed by atoms with van der Waals surface area (Å²) in [5.74, 6) is 0.216. The molecule has 3 nitrogen and oxygen atoms in total. The fourth-order valence-electron chi connectivity index (χ4n) is 2.75. The van der Waals surface area contributed by atoms with E-state index in [-0.39, 0.29) is 16.7 Å². The Morgan fingerprint density at radius 2 is 1.89 bits per heavy atom. The monoisotopic (exact) mass is 269 g/mol. The SMILES string of the molecule is N[C@H](c1cccc(Cl)c1O)[C@@H](O)C1CCCCC1. The van der Waals surface area contributed by atoms with Gasteiger partial charge >= 0.3 is 0 Å². The molecule has 0 bridgehead atoms. The number of aliphatic hydroxyl groups is 1. The van der Waals surface area contributed by atoms with Gasteiger partial charge in [0.1, 0.15) is 5.75 Å². The fourth-order valence-corrected chi connectivity index (χ4v) is 2.94. The van der Waals surface area contributed by atoms with Gasteiger partial charge in [-0.2, -0.15) is 0 Å². The van der Waals surface area contributed by atoms with Crippen molar-refractivity contribution < 1.29 is 10.2 Å². The number of para-hydroxylation sites is 1. The zero-order chi connectivity index (χ0) is 13.1. The minimum atomic E-state index is -0.616. The highest BCUT2D eigenvalue weighted by atomic mass is 35.5. The summed E-state index contributed by atoms with van der Waals surface area (Å²) >= 11 is 5.86. The molecule has 100 valence electrons. The first-order chi connectivity index (χ1) is 8.61. The third kappa shape index (κ3) is 2.79. The lowest BCUT2D eigenvalue weighted by atomic mass is 9.81. The van der Waals surface area contributed by atoms with Crippen molar-refractivity contribution >= 4 is 11.6 Å². The molecule has 1 fully saturated rings. The maximum Gasteiger partial charge on any atom is 0.139 e. The van der Waals surface area contributed by atoms with E-state index in [0.717, 1.165) is 25.7 Å². The van der Waals surface area contributed by atoms with Crippen LogP contribution < -0.4 is 5.73 Å². The van der Waals surface area contributed by atoms with Crippen LogP contribution in [-0.4, -0.2) is 16.3 Å². The summed E-state index contributed by atoms with van der Waals surface area (Å²) in [5, 5.41) is 20.5. The van der Waals surface area contributed by atoms with Gasteiger partial charge in [-0.15, -0.1) is 0 Å². The Balaban J connectivity index is 2.14. The number of halogens is 1. The third-order valence-corrected chi connectivity index (χ3v) is 4.18. The quantitative estimate of drug-likeness (QED) is 0.790. The predicted octanol–water partition coefficient (Wildman–Crippen LogP) is 2.99. The molecule has 1 saturated carbocycles. The van der Waals surface area contributed by atoms with Crippen molar-refractivity contribution in [2.24, 2.45) is 11.7 Å². The Morgan fingerprint density at radius 3 is 2.56 bits per heavy atom. The molecule has 0 spiro atoms. The van der Waals surface area contributed by atoms with Gasteiger partial charge in [0.2, 0.25) is 0 Å². The molecule has 0 saturated heterocycles. The maximum atomic E-state index is 10.3. The largest absolute Gasteiger partial charge is 0.506 e. The lowest BCUT2D eigenvalue weighted by Crippen LogP contribution is -2.34. The van der Waals surface area contributed by atoms with E-state index >= 15 is 0 Å². The molecule has 0 amide bonds. The van der Waals surface area contributed by atoms with E-state index in [1.807, 2.05) is 0 Å². The zero-order valence-electron chi connectivity index (χ0n) is 10.3. The first kappa shape index (κ1) is 13.7. The number of benzene rings is 1. The van der Waals surface area contributed by atoms with E-state index in [0.29, 0.717) is 5.56 Å². The molecule has 0 aromatic heterocycles. The van der Waals surface area contributed by atoms with Crippen LogP contribution in [0, 0.1) is 5.92 Å². The molecule has 1 aromatic carbocycles. The first-order valence-corrected chi connectivity index (χ1v) is 6.90. The maximum absolute atomic E-state index is 10.3. The van der Waals surface area contributed by atoms with Crippen LogP contribution in [-0.2, 0) is 0 Å².